The van der Waals surface area contributed by atoms with Crippen molar-refractivity contribution < 1.29 is 8.83 Å². The van der Waals surface area contributed by atoms with Crippen molar-refractivity contribution in [1.29, 1.82) is 0 Å². The fourth-order valence-electron chi connectivity index (χ4n) is 7.94. The second-order valence-corrected chi connectivity index (χ2v) is 12.1. The number of aliphatic imine (C=N–C) groups is 1. The van der Waals surface area contributed by atoms with E-state index in [9.17, 15) is 0 Å². The van der Waals surface area contributed by atoms with Gasteiger partial charge in [0.2, 0.25) is 0 Å². The van der Waals surface area contributed by atoms with Crippen LogP contribution in [0.2, 0.25) is 0 Å². The molecule has 5 heteroatoms. The number of para-hydroxylation sites is 2. The maximum atomic E-state index is 6.65. The Bertz CT molecular complexity index is 2660. The molecule has 202 valence electrons. The molecule has 3 aliphatic rings. The number of hydrogen-bond donors (Lipinski definition) is 0. The average Bonchev–Trinajstić information content (AvgIpc) is 3.81. The summed E-state index contributed by atoms with van der Waals surface area (Å²) in [5.74, 6) is 0. The van der Waals surface area contributed by atoms with Crippen molar-refractivity contribution >= 4 is 71.4 Å². The maximum Gasteiger partial charge on any atom is 0.172 e. The van der Waals surface area contributed by atoms with Crippen molar-refractivity contribution in [3.8, 4) is 11.1 Å². The van der Waals surface area contributed by atoms with E-state index < -0.39 is 5.66 Å². The molecule has 11 rings (SSSR count). The molecule has 2 unspecified atom stereocenters. The van der Waals surface area contributed by atoms with E-state index in [1.165, 1.54) is 27.4 Å². The Kier molecular flexibility index (Phi) is 3.73. The van der Waals surface area contributed by atoms with Crippen molar-refractivity contribution in [1.82, 2.24) is 4.68 Å². The van der Waals surface area contributed by atoms with E-state index >= 15 is 0 Å². The molecule has 5 heterocycles. The number of allylic oxidation sites excluding steroid dienone is 2. The molecule has 0 saturated heterocycles. The van der Waals surface area contributed by atoms with Gasteiger partial charge in [0.15, 0.2) is 11.2 Å². The molecular weight excluding hydrogens is 530 g/mol. The molecule has 0 spiro atoms. The monoisotopic (exact) mass is 553 g/mol. The molecule has 0 saturated carbocycles. The van der Waals surface area contributed by atoms with E-state index in [0.717, 1.165) is 60.7 Å². The average molecular weight is 554 g/mol. The Balaban J connectivity index is 1.27. The lowest BCUT2D eigenvalue weighted by Crippen LogP contribution is -2.48. The molecular formula is C38H23N3O2. The van der Waals surface area contributed by atoms with E-state index in [0.29, 0.717) is 0 Å². The first kappa shape index (κ1) is 22.1. The van der Waals surface area contributed by atoms with Gasteiger partial charge >= 0.3 is 0 Å². The summed E-state index contributed by atoms with van der Waals surface area (Å²) < 4.78 is 15.2. The van der Waals surface area contributed by atoms with E-state index in [-0.39, 0.29) is 6.04 Å². The number of nitrogens with zero attached hydrogens (tertiary/aromatic N) is 3. The number of hydrogen-bond acceptors (Lipinski definition) is 4. The molecule has 3 aromatic heterocycles. The highest BCUT2D eigenvalue weighted by Crippen LogP contribution is 2.52. The zero-order valence-corrected chi connectivity index (χ0v) is 23.2. The molecule has 0 radical (unpaired) electrons. The van der Waals surface area contributed by atoms with Gasteiger partial charge in [-0.1, -0.05) is 66.8 Å². The minimum atomic E-state index is -0.558. The summed E-state index contributed by atoms with van der Waals surface area (Å²) in [7, 11) is 0. The Morgan fingerprint density at radius 2 is 1.40 bits per heavy atom. The Hall–Kier alpha value is -5.55. The van der Waals surface area contributed by atoms with Gasteiger partial charge in [-0.15, -0.1) is 0 Å². The van der Waals surface area contributed by atoms with Crippen molar-refractivity contribution in [2.45, 2.75) is 18.6 Å². The maximum absolute atomic E-state index is 6.65. The third kappa shape index (κ3) is 2.54. The number of benzene rings is 5. The van der Waals surface area contributed by atoms with Crippen molar-refractivity contribution in [2.75, 3.05) is 5.01 Å². The molecule has 1 aliphatic carbocycles. The molecule has 0 fully saturated rings. The second-order valence-electron chi connectivity index (χ2n) is 12.1. The fraction of sp³-hybridized carbons (Fsp3) is 0.0789. The Morgan fingerprint density at radius 1 is 0.651 bits per heavy atom. The van der Waals surface area contributed by atoms with Crippen LogP contribution in [-0.4, -0.2) is 16.4 Å². The van der Waals surface area contributed by atoms with Gasteiger partial charge < -0.3 is 8.83 Å². The predicted molar refractivity (Wildman–Crippen MR) is 175 cm³/mol. The summed E-state index contributed by atoms with van der Waals surface area (Å²) in [6.45, 7) is 2.25. The van der Waals surface area contributed by atoms with Crippen LogP contribution in [0.3, 0.4) is 0 Å². The van der Waals surface area contributed by atoms with Crippen molar-refractivity contribution in [3.63, 3.8) is 0 Å². The normalized spacial score (nSPS) is 20.4. The van der Waals surface area contributed by atoms with Gasteiger partial charge in [-0.2, -0.15) is 0 Å². The molecule has 0 N–H and O–H groups in total. The molecule has 0 bridgehead atoms. The molecule has 0 amide bonds. The van der Waals surface area contributed by atoms with Crippen LogP contribution in [0.1, 0.15) is 12.5 Å². The third-order valence-corrected chi connectivity index (χ3v) is 9.81. The standard InChI is InChI=1S/C38H23N3O2/c1-38-29-20-22(21-14-17-34-27(18-21)24-9-3-6-12-32(24)42-34)19-28-25-15-16-26-23-8-2-7-13-33(23)43-37(26)36(25)40(35(28)29)41(38)31-11-5-4-10-30(31)39-38/h2-20,31H,1H3. The van der Waals surface area contributed by atoms with Gasteiger partial charge in [0, 0.05) is 37.9 Å². The number of rotatable bonds is 1. The van der Waals surface area contributed by atoms with E-state index in [1.54, 1.807) is 0 Å². The Labute approximate surface area is 245 Å². The van der Waals surface area contributed by atoms with Crippen LogP contribution in [0.4, 0.5) is 0 Å². The van der Waals surface area contributed by atoms with Crippen LogP contribution in [0, 0.1) is 0 Å². The number of furan rings is 2. The highest BCUT2D eigenvalue weighted by molar-refractivity contribution is 6.23. The predicted octanol–water partition coefficient (Wildman–Crippen LogP) is 9.33. The zero-order chi connectivity index (χ0) is 28.0. The van der Waals surface area contributed by atoms with E-state index in [2.05, 4.69) is 114 Å². The van der Waals surface area contributed by atoms with Crippen molar-refractivity contribution in [3.05, 3.63) is 121 Å². The summed E-state index contributed by atoms with van der Waals surface area (Å²) >= 11 is 0. The van der Waals surface area contributed by atoms with Crippen LogP contribution in [-0.2, 0) is 5.66 Å². The topological polar surface area (TPSA) is 46.8 Å². The smallest absolute Gasteiger partial charge is 0.172 e. The van der Waals surface area contributed by atoms with Gasteiger partial charge in [-0.3, -0.25) is 10.0 Å². The van der Waals surface area contributed by atoms with Gasteiger partial charge in [-0.25, -0.2) is 4.68 Å². The third-order valence-electron chi connectivity index (χ3n) is 9.81. The summed E-state index contributed by atoms with van der Waals surface area (Å²) in [4.78, 5) is 5.40. The van der Waals surface area contributed by atoms with Gasteiger partial charge in [0.25, 0.3) is 0 Å². The van der Waals surface area contributed by atoms with Crippen LogP contribution in [0.25, 0.3) is 76.8 Å². The van der Waals surface area contributed by atoms with E-state index in [1.807, 2.05) is 18.2 Å². The first-order chi connectivity index (χ1) is 21.2. The highest BCUT2D eigenvalue weighted by Gasteiger charge is 2.52. The first-order valence-corrected chi connectivity index (χ1v) is 14.8. The summed E-state index contributed by atoms with van der Waals surface area (Å²) in [6, 6.07) is 32.4. The summed E-state index contributed by atoms with van der Waals surface area (Å²) in [6.07, 6.45) is 8.62. The van der Waals surface area contributed by atoms with Crippen LogP contribution in [0.15, 0.2) is 129 Å². The quantitative estimate of drug-likeness (QED) is 0.203. The van der Waals surface area contributed by atoms with Gasteiger partial charge in [0.1, 0.15) is 28.3 Å². The summed E-state index contributed by atoms with van der Waals surface area (Å²) in [5.41, 5.74) is 10.0. The molecule has 2 atom stereocenters. The summed E-state index contributed by atoms with van der Waals surface area (Å²) in [5, 5.41) is 9.39. The zero-order valence-electron chi connectivity index (χ0n) is 23.2. The molecule has 2 aliphatic heterocycles. The van der Waals surface area contributed by atoms with Gasteiger partial charge in [0.05, 0.1) is 11.2 Å². The number of fused-ring (bicyclic) bond motifs is 15. The molecule has 5 nitrogen and oxygen atoms in total. The molecule has 5 aromatic carbocycles. The molecule has 43 heavy (non-hydrogen) atoms. The van der Waals surface area contributed by atoms with Crippen LogP contribution in [0.5, 0.6) is 0 Å². The fourth-order valence-corrected chi connectivity index (χ4v) is 7.94. The minimum Gasteiger partial charge on any atom is -0.456 e. The largest absolute Gasteiger partial charge is 0.456 e. The number of aromatic nitrogens is 1. The van der Waals surface area contributed by atoms with Crippen molar-refractivity contribution in [2.24, 2.45) is 4.99 Å². The lowest BCUT2D eigenvalue weighted by atomic mass is 9.93. The molecule has 8 aromatic rings. The highest BCUT2D eigenvalue weighted by atomic mass is 16.3. The first-order valence-electron chi connectivity index (χ1n) is 14.8. The lowest BCUT2D eigenvalue weighted by molar-refractivity contribution is 0.431. The Morgan fingerprint density at radius 3 is 2.28 bits per heavy atom. The second kappa shape index (κ2) is 7.26. The van der Waals surface area contributed by atoms with E-state index in [4.69, 9.17) is 13.8 Å². The van der Waals surface area contributed by atoms with Crippen LogP contribution >= 0.6 is 0 Å². The lowest BCUT2D eigenvalue weighted by Gasteiger charge is -2.34. The minimum absolute atomic E-state index is 0.0397. The van der Waals surface area contributed by atoms with Gasteiger partial charge in [-0.05, 0) is 66.6 Å². The SMILES string of the molecule is CC12N=C3C=CC=CC3N1n1c3c2cc(-c2ccc4oc5ccccc5c4c2)cc3c2ccc3c4ccccc4oc3c21. The van der Waals surface area contributed by atoms with Crippen LogP contribution < -0.4 is 5.01 Å².